The van der Waals surface area contributed by atoms with Gasteiger partial charge < -0.3 is 10.2 Å². The fourth-order valence-corrected chi connectivity index (χ4v) is 5.47. The van der Waals surface area contributed by atoms with Crippen molar-refractivity contribution in [3.63, 3.8) is 0 Å². The lowest BCUT2D eigenvalue weighted by Crippen LogP contribution is -2.47. The van der Waals surface area contributed by atoms with Crippen LogP contribution in [0.5, 0.6) is 0 Å². The number of hydrogen-bond acceptors (Lipinski definition) is 4. The van der Waals surface area contributed by atoms with E-state index in [4.69, 9.17) is 0 Å². The molecule has 1 saturated carbocycles. The highest BCUT2D eigenvalue weighted by molar-refractivity contribution is 5.91. The summed E-state index contributed by atoms with van der Waals surface area (Å²) >= 11 is 0. The van der Waals surface area contributed by atoms with Crippen LogP contribution in [0.4, 0.5) is 4.39 Å². The van der Waals surface area contributed by atoms with Crippen molar-refractivity contribution in [1.82, 2.24) is 25.4 Å². The Balaban J connectivity index is 1.23. The summed E-state index contributed by atoms with van der Waals surface area (Å²) < 4.78 is 15.1. The zero-order valence-electron chi connectivity index (χ0n) is 21.3. The predicted molar refractivity (Wildman–Crippen MR) is 142 cm³/mol. The molecule has 0 unspecified atom stereocenters. The maximum absolute atomic E-state index is 15.1. The topological polar surface area (TPSA) is 91.0 Å². The van der Waals surface area contributed by atoms with E-state index in [0.29, 0.717) is 29.9 Å². The minimum absolute atomic E-state index is 0.114. The van der Waals surface area contributed by atoms with Gasteiger partial charge in [-0.05, 0) is 48.8 Å². The average Bonchev–Trinajstić information content (AvgIpc) is 3.31. The normalized spacial score (nSPS) is 18.9. The maximum Gasteiger partial charge on any atom is 0.243 e. The van der Waals surface area contributed by atoms with Crippen molar-refractivity contribution in [1.29, 1.82) is 0 Å². The number of halogens is 1. The number of hydrogen-bond donors (Lipinski definition) is 2. The quantitative estimate of drug-likeness (QED) is 0.355. The average molecular weight is 512 g/mol. The van der Waals surface area contributed by atoms with Gasteiger partial charge in [-0.3, -0.25) is 14.7 Å². The van der Waals surface area contributed by atoms with E-state index in [9.17, 15) is 9.59 Å². The molecule has 2 aromatic heterocycles. The summed E-state index contributed by atoms with van der Waals surface area (Å²) in [6, 6.07) is 19.5. The van der Waals surface area contributed by atoms with Crippen molar-refractivity contribution >= 4 is 22.7 Å². The van der Waals surface area contributed by atoms with Gasteiger partial charge in [0, 0.05) is 17.5 Å². The molecule has 1 aliphatic heterocycles. The first-order valence-electron chi connectivity index (χ1n) is 13.2. The number of fused-ring (bicyclic) bond motifs is 1. The lowest BCUT2D eigenvalue weighted by atomic mass is 9.97. The molecule has 2 atom stereocenters. The number of carbonyl (C=O) groups excluding carboxylic acids is 2. The van der Waals surface area contributed by atoms with Crippen LogP contribution in [0.3, 0.4) is 0 Å². The number of amides is 2. The van der Waals surface area contributed by atoms with E-state index in [1.807, 2.05) is 61.5 Å². The number of carbonyl (C=O) groups is 2. The minimum Gasteiger partial charge on any atom is -0.342 e. The number of aromatic nitrogens is 3. The van der Waals surface area contributed by atoms with E-state index in [2.05, 4.69) is 20.5 Å². The van der Waals surface area contributed by atoms with Crippen LogP contribution in [0.15, 0.2) is 66.7 Å². The first-order valence-corrected chi connectivity index (χ1v) is 13.2. The van der Waals surface area contributed by atoms with Crippen molar-refractivity contribution in [2.45, 2.75) is 56.5 Å². The van der Waals surface area contributed by atoms with Gasteiger partial charge in [-0.15, -0.1) is 0 Å². The molecule has 0 radical (unpaired) electrons. The summed E-state index contributed by atoms with van der Waals surface area (Å²) in [4.78, 5) is 32.9. The zero-order valence-corrected chi connectivity index (χ0v) is 21.3. The molecule has 6 rings (SSSR count). The lowest BCUT2D eigenvalue weighted by Gasteiger charge is -2.27. The molecule has 2 N–H and O–H groups in total. The van der Waals surface area contributed by atoms with Crippen molar-refractivity contribution in [2.75, 3.05) is 6.54 Å². The summed E-state index contributed by atoms with van der Waals surface area (Å²) in [7, 11) is 0. The summed E-state index contributed by atoms with van der Waals surface area (Å²) in [5.41, 5.74) is 3.26. The Labute approximate surface area is 220 Å². The molecule has 1 aliphatic carbocycles. The molecule has 2 aliphatic rings. The molecule has 3 heterocycles. The van der Waals surface area contributed by atoms with Crippen LogP contribution in [0.2, 0.25) is 0 Å². The second-order valence-electron chi connectivity index (χ2n) is 10.6. The number of pyridine rings is 1. The number of aromatic amines is 1. The zero-order chi connectivity index (χ0) is 26.3. The lowest BCUT2D eigenvalue weighted by molar-refractivity contribution is -0.138. The summed E-state index contributed by atoms with van der Waals surface area (Å²) in [5.74, 6) is -0.888. The summed E-state index contributed by atoms with van der Waals surface area (Å²) in [5, 5.41) is 11.3. The number of likely N-dealkylation sites (tertiary alicyclic amines) is 1. The Morgan fingerprint density at radius 3 is 2.63 bits per heavy atom. The molecule has 2 fully saturated rings. The molecule has 0 spiro atoms. The van der Waals surface area contributed by atoms with E-state index >= 15 is 4.39 Å². The maximum atomic E-state index is 15.1. The van der Waals surface area contributed by atoms with Gasteiger partial charge in [-0.1, -0.05) is 61.5 Å². The third kappa shape index (κ3) is 4.55. The van der Waals surface area contributed by atoms with E-state index < -0.39 is 18.0 Å². The minimum atomic E-state index is -0.632. The fourth-order valence-electron chi connectivity index (χ4n) is 5.47. The molecule has 0 bridgehead atoms. The third-order valence-electron chi connectivity index (χ3n) is 7.98. The second kappa shape index (κ2) is 9.67. The Morgan fingerprint density at radius 1 is 1.11 bits per heavy atom. The number of nitrogens with one attached hydrogen (secondary N) is 2. The van der Waals surface area contributed by atoms with Gasteiger partial charge in [0.25, 0.3) is 0 Å². The largest absolute Gasteiger partial charge is 0.342 e. The molecule has 38 heavy (non-hydrogen) atoms. The van der Waals surface area contributed by atoms with Gasteiger partial charge in [0.15, 0.2) is 0 Å². The standard InChI is InChI=1S/C30H30FN5O2/c1-30(15-16-30)21-13-14-23(32-28(21)31)27(19-8-3-2-4-9-19)33-29(38)25-12-7-17-36(25)26(37)18-24-20-10-5-6-11-22(20)34-35-24/h2-6,8-11,13-14,25,27H,7,12,15-18H2,1H3,(H,33,38)(H,34,35)/t25-,27+/m0/s1. The Bertz CT molecular complexity index is 1500. The van der Waals surface area contributed by atoms with E-state index in [-0.39, 0.29) is 23.7 Å². The van der Waals surface area contributed by atoms with Crippen molar-refractivity contribution in [2.24, 2.45) is 0 Å². The summed E-state index contributed by atoms with van der Waals surface area (Å²) in [6.07, 6.45) is 3.32. The Morgan fingerprint density at radius 2 is 1.87 bits per heavy atom. The molecule has 7 nitrogen and oxygen atoms in total. The van der Waals surface area contributed by atoms with E-state index in [0.717, 1.165) is 35.7 Å². The third-order valence-corrected chi connectivity index (χ3v) is 7.98. The highest BCUT2D eigenvalue weighted by Gasteiger charge is 2.42. The van der Waals surface area contributed by atoms with Crippen LogP contribution >= 0.6 is 0 Å². The molecule has 1 saturated heterocycles. The summed E-state index contributed by atoms with van der Waals surface area (Å²) in [6.45, 7) is 2.55. The van der Waals surface area contributed by atoms with Crippen LogP contribution in [-0.4, -0.2) is 44.5 Å². The number of benzene rings is 2. The van der Waals surface area contributed by atoms with Gasteiger partial charge >= 0.3 is 0 Å². The molecule has 4 aromatic rings. The highest BCUT2D eigenvalue weighted by Crippen LogP contribution is 2.48. The molecule has 2 aromatic carbocycles. The number of rotatable bonds is 7. The first-order chi connectivity index (χ1) is 18.4. The fraction of sp³-hybridized carbons (Fsp3) is 0.333. The Hall–Kier alpha value is -4.07. The smallest absolute Gasteiger partial charge is 0.243 e. The molecular formula is C30H30FN5O2. The van der Waals surface area contributed by atoms with Gasteiger partial charge in [0.05, 0.1) is 29.4 Å². The number of H-pyrrole nitrogens is 1. The van der Waals surface area contributed by atoms with E-state index in [1.165, 1.54) is 0 Å². The molecule has 8 heteroatoms. The van der Waals surface area contributed by atoms with E-state index in [1.54, 1.807) is 17.0 Å². The van der Waals surface area contributed by atoms with Gasteiger partial charge in [-0.25, -0.2) is 4.98 Å². The van der Waals surface area contributed by atoms with Crippen molar-refractivity contribution in [3.8, 4) is 0 Å². The van der Waals surface area contributed by atoms with Gasteiger partial charge in [0.2, 0.25) is 17.8 Å². The molecular weight excluding hydrogens is 481 g/mol. The SMILES string of the molecule is CC1(c2ccc([C@H](NC(=O)[C@@H]3CCCN3C(=O)Cc3n[nH]c4ccccc34)c3ccccc3)nc2F)CC1. The van der Waals surface area contributed by atoms with Gasteiger partial charge in [0.1, 0.15) is 6.04 Å². The molecule has 2 amide bonds. The van der Waals surface area contributed by atoms with Crippen LogP contribution < -0.4 is 5.32 Å². The van der Waals surface area contributed by atoms with Crippen LogP contribution in [0.25, 0.3) is 10.9 Å². The number of para-hydroxylation sites is 1. The predicted octanol–water partition coefficient (Wildman–Crippen LogP) is 4.59. The first kappa shape index (κ1) is 24.3. The van der Waals surface area contributed by atoms with Crippen LogP contribution in [-0.2, 0) is 21.4 Å². The second-order valence-corrected chi connectivity index (χ2v) is 10.6. The van der Waals surface area contributed by atoms with Gasteiger partial charge in [-0.2, -0.15) is 9.49 Å². The highest BCUT2D eigenvalue weighted by atomic mass is 19.1. The number of nitrogens with zero attached hydrogens (tertiary/aromatic N) is 3. The van der Waals surface area contributed by atoms with Crippen LogP contribution in [0.1, 0.15) is 61.2 Å². The van der Waals surface area contributed by atoms with Crippen molar-refractivity contribution < 1.29 is 14.0 Å². The van der Waals surface area contributed by atoms with Crippen molar-refractivity contribution in [3.05, 3.63) is 95.2 Å². The molecule has 194 valence electrons. The Kier molecular flexibility index (Phi) is 6.18. The van der Waals surface area contributed by atoms with Crippen LogP contribution in [0, 0.1) is 5.95 Å². The monoisotopic (exact) mass is 511 g/mol.